The van der Waals surface area contributed by atoms with E-state index < -0.39 is 12.0 Å². The van der Waals surface area contributed by atoms with Crippen molar-refractivity contribution in [2.24, 2.45) is 5.92 Å². The molecule has 0 aromatic heterocycles. The Labute approximate surface area is 93.4 Å². The first kappa shape index (κ1) is 12.5. The van der Waals surface area contributed by atoms with Gasteiger partial charge in [0.1, 0.15) is 6.04 Å². The molecule has 1 fully saturated rings. The molecule has 1 heterocycles. The van der Waals surface area contributed by atoms with Gasteiger partial charge in [-0.1, -0.05) is 6.92 Å². The number of carboxylic acids is 1. The maximum Gasteiger partial charge on any atom is 0.303 e. The molecule has 0 aromatic carbocycles. The summed E-state index contributed by atoms with van der Waals surface area (Å²) in [7, 11) is 0. The second kappa shape index (κ2) is 5.48. The Morgan fingerprint density at radius 2 is 2.31 bits per heavy atom. The van der Waals surface area contributed by atoms with Crippen LogP contribution in [0, 0.1) is 5.92 Å². The van der Waals surface area contributed by atoms with Gasteiger partial charge in [0.2, 0.25) is 11.8 Å². The molecule has 0 saturated carbocycles. The summed E-state index contributed by atoms with van der Waals surface area (Å²) >= 11 is 0. The number of carboxylic acid groups (broad SMARTS) is 1. The first-order chi connectivity index (χ1) is 7.49. The Balaban J connectivity index is 2.24. The molecule has 0 spiro atoms. The van der Waals surface area contributed by atoms with E-state index in [1.165, 1.54) is 0 Å². The van der Waals surface area contributed by atoms with Crippen LogP contribution in [0.15, 0.2) is 0 Å². The molecule has 0 aliphatic carbocycles. The minimum Gasteiger partial charge on any atom is -0.481 e. The lowest BCUT2D eigenvalue weighted by molar-refractivity contribution is -0.138. The normalized spacial score (nSPS) is 21.3. The van der Waals surface area contributed by atoms with Crippen LogP contribution >= 0.6 is 0 Å². The summed E-state index contributed by atoms with van der Waals surface area (Å²) in [4.78, 5) is 32.8. The third kappa shape index (κ3) is 3.88. The predicted molar refractivity (Wildman–Crippen MR) is 55.6 cm³/mol. The zero-order valence-electron chi connectivity index (χ0n) is 9.16. The maximum absolute atomic E-state index is 11.5. The maximum atomic E-state index is 11.5. The van der Waals surface area contributed by atoms with Crippen molar-refractivity contribution < 1.29 is 19.5 Å². The number of aliphatic carboxylic acids is 1. The average Bonchev–Trinajstić information content (AvgIpc) is 2.60. The van der Waals surface area contributed by atoms with Crippen molar-refractivity contribution in [2.75, 3.05) is 6.54 Å². The summed E-state index contributed by atoms with van der Waals surface area (Å²) in [5, 5.41) is 13.7. The Morgan fingerprint density at radius 1 is 1.62 bits per heavy atom. The van der Waals surface area contributed by atoms with Crippen LogP contribution in [-0.2, 0) is 14.4 Å². The summed E-state index contributed by atoms with van der Waals surface area (Å²) in [6, 6.07) is -0.454. The van der Waals surface area contributed by atoms with Crippen LogP contribution in [0.2, 0.25) is 0 Å². The summed E-state index contributed by atoms with van der Waals surface area (Å²) in [6.07, 6.45) is 0.915. The van der Waals surface area contributed by atoms with Crippen LogP contribution in [-0.4, -0.2) is 35.5 Å². The number of amides is 2. The van der Waals surface area contributed by atoms with Crippen molar-refractivity contribution in [2.45, 2.75) is 32.2 Å². The largest absolute Gasteiger partial charge is 0.481 e. The Bertz CT molecular complexity index is 303. The Hall–Kier alpha value is -1.59. The van der Waals surface area contributed by atoms with E-state index >= 15 is 0 Å². The van der Waals surface area contributed by atoms with Crippen LogP contribution in [0.1, 0.15) is 26.2 Å². The van der Waals surface area contributed by atoms with Gasteiger partial charge in [0.05, 0.1) is 0 Å². The highest BCUT2D eigenvalue weighted by Gasteiger charge is 2.27. The van der Waals surface area contributed by atoms with Crippen molar-refractivity contribution in [1.82, 2.24) is 10.6 Å². The molecule has 0 bridgehead atoms. The predicted octanol–water partition coefficient (Wildman–Crippen LogP) is -0.508. The van der Waals surface area contributed by atoms with Crippen LogP contribution < -0.4 is 10.6 Å². The SMILES string of the molecule is CC(CNC(=O)[C@H]1CCC(=O)N1)CC(=O)O. The van der Waals surface area contributed by atoms with Gasteiger partial charge in [-0.05, 0) is 12.3 Å². The fraction of sp³-hybridized carbons (Fsp3) is 0.700. The number of rotatable bonds is 5. The van der Waals surface area contributed by atoms with Crippen LogP contribution in [0.25, 0.3) is 0 Å². The molecule has 1 aliphatic heterocycles. The van der Waals surface area contributed by atoms with Crippen LogP contribution in [0.4, 0.5) is 0 Å². The third-order valence-electron chi connectivity index (χ3n) is 2.46. The molecule has 0 radical (unpaired) electrons. The second-order valence-electron chi connectivity index (χ2n) is 4.11. The van der Waals surface area contributed by atoms with Gasteiger partial charge in [0.25, 0.3) is 0 Å². The van der Waals surface area contributed by atoms with E-state index in [9.17, 15) is 14.4 Å². The molecule has 1 saturated heterocycles. The highest BCUT2D eigenvalue weighted by molar-refractivity contribution is 5.90. The number of hydrogen-bond acceptors (Lipinski definition) is 3. The monoisotopic (exact) mass is 228 g/mol. The number of carbonyl (C=O) groups excluding carboxylic acids is 2. The van der Waals surface area contributed by atoms with Crippen LogP contribution in [0.3, 0.4) is 0 Å². The second-order valence-corrected chi connectivity index (χ2v) is 4.11. The molecule has 2 atom stereocenters. The van der Waals surface area contributed by atoms with Gasteiger partial charge in [-0.25, -0.2) is 0 Å². The van der Waals surface area contributed by atoms with E-state index in [4.69, 9.17) is 5.11 Å². The minimum absolute atomic E-state index is 0.0251. The molecule has 1 unspecified atom stereocenters. The van der Waals surface area contributed by atoms with Gasteiger partial charge < -0.3 is 15.7 Å². The van der Waals surface area contributed by atoms with Crippen LogP contribution in [0.5, 0.6) is 0 Å². The number of hydrogen-bond donors (Lipinski definition) is 3. The average molecular weight is 228 g/mol. The minimum atomic E-state index is -0.879. The van der Waals surface area contributed by atoms with Crippen molar-refractivity contribution in [1.29, 1.82) is 0 Å². The first-order valence-corrected chi connectivity index (χ1v) is 5.28. The van der Waals surface area contributed by atoms with E-state index in [1.807, 2.05) is 0 Å². The molecule has 1 aliphatic rings. The van der Waals surface area contributed by atoms with Crippen molar-refractivity contribution in [3.8, 4) is 0 Å². The lowest BCUT2D eigenvalue weighted by Crippen LogP contribution is -2.43. The van der Waals surface area contributed by atoms with Crippen molar-refractivity contribution in [3.05, 3.63) is 0 Å². The van der Waals surface area contributed by atoms with E-state index in [2.05, 4.69) is 10.6 Å². The summed E-state index contributed by atoms with van der Waals surface area (Å²) in [5.74, 6) is -1.34. The highest BCUT2D eigenvalue weighted by Crippen LogP contribution is 2.07. The molecule has 6 heteroatoms. The summed E-state index contributed by atoms with van der Waals surface area (Å²) in [6.45, 7) is 2.07. The van der Waals surface area contributed by atoms with Gasteiger partial charge in [0.15, 0.2) is 0 Å². The van der Waals surface area contributed by atoms with E-state index in [-0.39, 0.29) is 24.2 Å². The summed E-state index contributed by atoms with van der Waals surface area (Å²) in [5.41, 5.74) is 0. The van der Waals surface area contributed by atoms with Crippen molar-refractivity contribution >= 4 is 17.8 Å². The van der Waals surface area contributed by atoms with Gasteiger partial charge in [-0.15, -0.1) is 0 Å². The fourth-order valence-corrected chi connectivity index (χ4v) is 1.58. The van der Waals surface area contributed by atoms with Crippen molar-refractivity contribution in [3.63, 3.8) is 0 Å². The van der Waals surface area contributed by atoms with E-state index in [0.29, 0.717) is 19.4 Å². The molecule has 16 heavy (non-hydrogen) atoms. The topological polar surface area (TPSA) is 95.5 Å². The van der Waals surface area contributed by atoms with Gasteiger partial charge in [-0.3, -0.25) is 14.4 Å². The molecule has 6 nitrogen and oxygen atoms in total. The number of nitrogens with one attached hydrogen (secondary N) is 2. The molecular weight excluding hydrogens is 212 g/mol. The summed E-state index contributed by atoms with van der Waals surface area (Å²) < 4.78 is 0. The molecule has 3 N–H and O–H groups in total. The zero-order chi connectivity index (χ0) is 12.1. The van der Waals surface area contributed by atoms with Gasteiger partial charge in [-0.2, -0.15) is 0 Å². The number of carbonyl (C=O) groups is 3. The van der Waals surface area contributed by atoms with Gasteiger partial charge >= 0.3 is 5.97 Å². The smallest absolute Gasteiger partial charge is 0.303 e. The Kier molecular flexibility index (Phi) is 4.28. The molecule has 0 aromatic rings. The standard InChI is InChI=1S/C10H16N2O4/c1-6(4-9(14)15)5-11-10(16)7-2-3-8(13)12-7/h6-7H,2-5H2,1H3,(H,11,16)(H,12,13)(H,14,15)/t6?,7-/m1/s1. The molecule has 1 rings (SSSR count). The quantitative estimate of drug-likeness (QED) is 0.590. The van der Waals surface area contributed by atoms with E-state index in [1.54, 1.807) is 6.92 Å². The third-order valence-corrected chi connectivity index (χ3v) is 2.46. The fourth-order valence-electron chi connectivity index (χ4n) is 1.58. The molecule has 90 valence electrons. The lowest BCUT2D eigenvalue weighted by Gasteiger charge is -2.13. The Morgan fingerprint density at radius 3 is 2.81 bits per heavy atom. The highest BCUT2D eigenvalue weighted by atomic mass is 16.4. The van der Waals surface area contributed by atoms with E-state index in [0.717, 1.165) is 0 Å². The zero-order valence-corrected chi connectivity index (χ0v) is 9.16. The lowest BCUT2D eigenvalue weighted by atomic mass is 10.1. The molecule has 2 amide bonds. The van der Waals surface area contributed by atoms with Gasteiger partial charge in [0, 0.05) is 19.4 Å². The molecular formula is C10H16N2O4. The first-order valence-electron chi connectivity index (χ1n) is 5.28.